The zero-order valence-electron chi connectivity index (χ0n) is 19.1. The average molecular weight is 484 g/mol. The molecule has 0 aliphatic rings. The van der Waals surface area contributed by atoms with Crippen LogP contribution in [-0.2, 0) is 11.3 Å². The van der Waals surface area contributed by atoms with Crippen LogP contribution in [0.25, 0.3) is 22.5 Å². The number of thioether (sulfide) groups is 1. The molecule has 0 saturated carbocycles. The molecular weight excluding hydrogens is 462 g/mol. The van der Waals surface area contributed by atoms with E-state index in [9.17, 15) is 10.1 Å². The number of aromatic nitrogens is 3. The highest BCUT2D eigenvalue weighted by atomic mass is 32.2. The lowest BCUT2D eigenvalue weighted by molar-refractivity contribution is -0.113. The van der Waals surface area contributed by atoms with Crippen molar-refractivity contribution in [1.29, 1.82) is 5.26 Å². The van der Waals surface area contributed by atoms with E-state index < -0.39 is 0 Å². The number of rotatable bonds is 7. The topological polar surface area (TPSA) is 110 Å². The summed E-state index contributed by atoms with van der Waals surface area (Å²) in [5.41, 5.74) is 2.93. The number of hydrogen-bond acceptors (Lipinski definition) is 7. The van der Waals surface area contributed by atoms with Gasteiger partial charge in [-0.1, -0.05) is 30.0 Å². The first-order chi connectivity index (χ1) is 17.0. The number of nitrogens with one attached hydrogen (secondary N) is 1. The molecule has 5 rings (SSSR count). The Hall–Kier alpha value is -4.29. The highest BCUT2D eigenvalue weighted by molar-refractivity contribution is 8.00. The van der Waals surface area contributed by atoms with Crippen LogP contribution >= 0.6 is 11.8 Å². The molecule has 1 aromatic carbocycles. The molecule has 4 aromatic heterocycles. The van der Waals surface area contributed by atoms with Crippen LogP contribution in [0.3, 0.4) is 0 Å². The maximum Gasteiger partial charge on any atom is 0.235 e. The predicted molar refractivity (Wildman–Crippen MR) is 133 cm³/mol. The van der Waals surface area contributed by atoms with Crippen LogP contribution in [-0.4, -0.2) is 26.2 Å². The van der Waals surface area contributed by atoms with E-state index in [1.807, 2.05) is 54.8 Å². The fraction of sp³-hybridized carbons (Fsp3) is 0.154. The van der Waals surface area contributed by atoms with Gasteiger partial charge in [0.2, 0.25) is 5.91 Å². The number of amides is 1. The number of fused-ring (bicyclic) bond motifs is 1. The fourth-order valence-electron chi connectivity index (χ4n) is 3.86. The highest BCUT2D eigenvalue weighted by Crippen LogP contribution is 2.30. The lowest BCUT2D eigenvalue weighted by Crippen LogP contribution is -2.18. The molecule has 0 bridgehead atoms. The summed E-state index contributed by atoms with van der Waals surface area (Å²) in [7, 11) is 0. The summed E-state index contributed by atoms with van der Waals surface area (Å²) in [6.07, 6.45) is 3.17. The molecule has 4 heterocycles. The van der Waals surface area contributed by atoms with Crippen LogP contribution in [0.1, 0.15) is 22.6 Å². The number of carbonyl (C=O) groups excluding carboxylic acids is 1. The SMILES string of the molecule is Cc1c(C#N)c(NC(=O)CSc2nc(-c3ccco3)nc3ccccc23)n(Cc2ccco2)c1C. The van der Waals surface area contributed by atoms with Crippen LogP contribution in [0.2, 0.25) is 0 Å². The van der Waals surface area contributed by atoms with Crippen molar-refractivity contribution >= 4 is 34.4 Å². The van der Waals surface area contributed by atoms with Crippen LogP contribution in [0.4, 0.5) is 5.82 Å². The average Bonchev–Trinajstić information content (AvgIpc) is 3.63. The van der Waals surface area contributed by atoms with Crippen molar-refractivity contribution < 1.29 is 13.6 Å². The van der Waals surface area contributed by atoms with Crippen molar-refractivity contribution in [3.63, 3.8) is 0 Å². The number of carbonyl (C=O) groups is 1. The first-order valence-electron chi connectivity index (χ1n) is 10.9. The number of furan rings is 2. The molecule has 0 aliphatic carbocycles. The largest absolute Gasteiger partial charge is 0.467 e. The number of hydrogen-bond donors (Lipinski definition) is 1. The van der Waals surface area contributed by atoms with Crippen molar-refractivity contribution in [2.24, 2.45) is 0 Å². The van der Waals surface area contributed by atoms with Gasteiger partial charge in [0.05, 0.1) is 35.9 Å². The first kappa shape index (κ1) is 22.5. The van der Waals surface area contributed by atoms with E-state index in [1.54, 1.807) is 24.7 Å². The van der Waals surface area contributed by atoms with Gasteiger partial charge in [0.1, 0.15) is 22.7 Å². The van der Waals surface area contributed by atoms with E-state index >= 15 is 0 Å². The Labute approximate surface area is 205 Å². The molecule has 0 saturated heterocycles. The summed E-state index contributed by atoms with van der Waals surface area (Å²) in [4.78, 5) is 22.3. The monoisotopic (exact) mass is 483 g/mol. The van der Waals surface area contributed by atoms with Gasteiger partial charge < -0.3 is 18.7 Å². The first-order valence-corrected chi connectivity index (χ1v) is 11.9. The Morgan fingerprint density at radius 1 is 1.09 bits per heavy atom. The fourth-order valence-corrected chi connectivity index (χ4v) is 4.68. The molecule has 0 aliphatic heterocycles. The van der Waals surface area contributed by atoms with Crippen molar-refractivity contribution in [1.82, 2.24) is 14.5 Å². The van der Waals surface area contributed by atoms with Gasteiger partial charge in [-0.25, -0.2) is 9.97 Å². The van der Waals surface area contributed by atoms with Crippen LogP contribution in [0, 0.1) is 25.2 Å². The van der Waals surface area contributed by atoms with Gasteiger partial charge in [-0.15, -0.1) is 0 Å². The van der Waals surface area contributed by atoms with Crippen LogP contribution in [0.5, 0.6) is 0 Å². The third-order valence-electron chi connectivity index (χ3n) is 5.74. The zero-order valence-corrected chi connectivity index (χ0v) is 19.9. The molecule has 0 atom stereocenters. The summed E-state index contributed by atoms with van der Waals surface area (Å²) >= 11 is 1.31. The molecule has 5 aromatic rings. The van der Waals surface area contributed by atoms with Crippen molar-refractivity contribution in [2.45, 2.75) is 25.4 Å². The molecule has 174 valence electrons. The highest BCUT2D eigenvalue weighted by Gasteiger charge is 2.21. The smallest absolute Gasteiger partial charge is 0.235 e. The predicted octanol–water partition coefficient (Wildman–Crippen LogP) is 5.55. The van der Waals surface area contributed by atoms with Crippen molar-refractivity contribution in [3.05, 3.63) is 83.6 Å². The minimum absolute atomic E-state index is 0.105. The second-order valence-electron chi connectivity index (χ2n) is 7.89. The van der Waals surface area contributed by atoms with Gasteiger partial charge >= 0.3 is 0 Å². The van der Waals surface area contributed by atoms with Crippen LogP contribution in [0.15, 0.2) is 74.9 Å². The summed E-state index contributed by atoms with van der Waals surface area (Å²) in [6, 6.07) is 17.1. The third kappa shape index (κ3) is 4.44. The van der Waals surface area contributed by atoms with Gasteiger partial charge in [-0.05, 0) is 49.7 Å². The van der Waals surface area contributed by atoms with Crippen molar-refractivity contribution in [2.75, 3.05) is 11.1 Å². The molecule has 0 spiro atoms. The van der Waals surface area contributed by atoms with E-state index in [-0.39, 0.29) is 11.7 Å². The maximum atomic E-state index is 13.0. The Morgan fingerprint density at radius 3 is 2.63 bits per heavy atom. The maximum absolute atomic E-state index is 13.0. The second-order valence-corrected chi connectivity index (χ2v) is 8.86. The van der Waals surface area contributed by atoms with E-state index in [2.05, 4.69) is 21.4 Å². The lowest BCUT2D eigenvalue weighted by atomic mass is 10.2. The van der Waals surface area contributed by atoms with Gasteiger partial charge in [0.15, 0.2) is 11.6 Å². The Balaban J connectivity index is 1.40. The third-order valence-corrected chi connectivity index (χ3v) is 6.73. The quantitative estimate of drug-likeness (QED) is 0.239. The minimum Gasteiger partial charge on any atom is -0.467 e. The van der Waals surface area contributed by atoms with Gasteiger partial charge in [-0.2, -0.15) is 5.26 Å². The van der Waals surface area contributed by atoms with Gasteiger partial charge in [-0.3, -0.25) is 4.79 Å². The van der Waals surface area contributed by atoms with E-state index in [0.29, 0.717) is 34.5 Å². The number of benzene rings is 1. The Morgan fingerprint density at radius 2 is 1.89 bits per heavy atom. The summed E-state index contributed by atoms with van der Waals surface area (Å²) < 4.78 is 12.8. The molecule has 0 unspecified atom stereocenters. The number of nitriles is 1. The number of para-hydroxylation sites is 1. The molecular formula is C26H21N5O3S. The Kier molecular flexibility index (Phi) is 6.12. The number of anilines is 1. The summed E-state index contributed by atoms with van der Waals surface area (Å²) in [6.45, 7) is 4.21. The second kappa shape index (κ2) is 9.52. The molecule has 0 radical (unpaired) electrons. The molecule has 8 nitrogen and oxygen atoms in total. The number of nitrogens with zero attached hydrogens (tertiary/aromatic N) is 4. The normalized spacial score (nSPS) is 11.0. The standard InChI is InChI=1S/C26H21N5O3S/c1-16-17(2)31(14-18-7-5-11-33-18)25(20(16)13-27)29-23(32)15-35-26-19-8-3-4-9-21(19)28-24(30-26)22-10-6-12-34-22/h3-12H,14-15H2,1-2H3,(H,29,32). The Bertz CT molecular complexity index is 1550. The molecule has 35 heavy (non-hydrogen) atoms. The van der Waals surface area contributed by atoms with Crippen LogP contribution < -0.4 is 5.32 Å². The summed E-state index contributed by atoms with van der Waals surface area (Å²) in [5, 5.41) is 14.2. The van der Waals surface area contributed by atoms with E-state index in [1.165, 1.54) is 11.8 Å². The zero-order chi connectivity index (χ0) is 24.4. The lowest BCUT2D eigenvalue weighted by Gasteiger charge is -2.12. The van der Waals surface area contributed by atoms with Gasteiger partial charge in [0.25, 0.3) is 0 Å². The summed E-state index contributed by atoms with van der Waals surface area (Å²) in [5.74, 6) is 2.08. The van der Waals surface area contributed by atoms with Gasteiger partial charge in [0, 0.05) is 11.1 Å². The molecule has 9 heteroatoms. The molecule has 0 fully saturated rings. The van der Waals surface area contributed by atoms with E-state index in [0.717, 1.165) is 27.9 Å². The van der Waals surface area contributed by atoms with Crippen molar-refractivity contribution in [3.8, 4) is 17.7 Å². The van der Waals surface area contributed by atoms with E-state index in [4.69, 9.17) is 8.83 Å². The molecule has 1 amide bonds. The minimum atomic E-state index is -0.244. The molecule has 1 N–H and O–H groups in total.